The van der Waals surface area contributed by atoms with Crippen LogP contribution in [0.15, 0.2) is 29.3 Å². The van der Waals surface area contributed by atoms with Gasteiger partial charge in [-0.05, 0) is 24.6 Å². The van der Waals surface area contributed by atoms with Gasteiger partial charge in [0.2, 0.25) is 6.08 Å². The lowest BCUT2D eigenvalue weighted by Crippen LogP contribution is -2.09. The Morgan fingerprint density at radius 3 is 2.89 bits per heavy atom. The van der Waals surface area contributed by atoms with Crippen molar-refractivity contribution < 1.29 is 19.1 Å². The fourth-order valence-corrected chi connectivity index (χ4v) is 1.53. The lowest BCUT2D eigenvalue weighted by molar-refractivity contribution is -0.143. The zero-order valence-corrected chi connectivity index (χ0v) is 10.4. The van der Waals surface area contributed by atoms with Crippen molar-refractivity contribution in [2.75, 3.05) is 13.7 Å². The van der Waals surface area contributed by atoms with Crippen molar-refractivity contribution >= 4 is 12.0 Å². The summed E-state index contributed by atoms with van der Waals surface area (Å²) in [4.78, 5) is 25.5. The predicted octanol–water partition coefficient (Wildman–Crippen LogP) is 2.03. The Bertz CT molecular complexity index is 452. The third kappa shape index (κ3) is 4.03. The highest BCUT2D eigenvalue weighted by Crippen LogP contribution is 2.24. The molecule has 0 radical (unpaired) electrons. The first kappa shape index (κ1) is 13.9. The van der Waals surface area contributed by atoms with Crippen LogP contribution in [0.25, 0.3) is 0 Å². The Morgan fingerprint density at radius 2 is 2.28 bits per heavy atom. The van der Waals surface area contributed by atoms with Crippen LogP contribution in [0.5, 0.6) is 5.75 Å². The largest absolute Gasteiger partial charge is 0.497 e. The smallest absolute Gasteiger partial charge is 0.308 e. The molecule has 0 N–H and O–H groups in total. The highest BCUT2D eigenvalue weighted by molar-refractivity contribution is 5.70. The van der Waals surface area contributed by atoms with Crippen molar-refractivity contribution in [2.24, 2.45) is 4.99 Å². The van der Waals surface area contributed by atoms with Crippen LogP contribution in [0.4, 0.5) is 0 Å². The molecule has 5 nitrogen and oxygen atoms in total. The second-order valence-corrected chi connectivity index (χ2v) is 3.52. The number of esters is 1. The predicted molar refractivity (Wildman–Crippen MR) is 65.1 cm³/mol. The Morgan fingerprint density at radius 1 is 1.50 bits per heavy atom. The van der Waals surface area contributed by atoms with Gasteiger partial charge in [0.25, 0.3) is 0 Å². The number of nitrogens with zero attached hydrogens (tertiary/aromatic N) is 1. The van der Waals surface area contributed by atoms with E-state index in [1.54, 1.807) is 38.3 Å². The number of methoxy groups -OCH3 is 1. The highest BCUT2D eigenvalue weighted by Gasteiger charge is 2.16. The highest BCUT2D eigenvalue weighted by atomic mass is 16.5. The Hall–Kier alpha value is -2.13. The van der Waals surface area contributed by atoms with E-state index in [1.807, 2.05) is 0 Å². The maximum absolute atomic E-state index is 11.4. The van der Waals surface area contributed by atoms with Gasteiger partial charge in [0.15, 0.2) is 0 Å². The summed E-state index contributed by atoms with van der Waals surface area (Å²) in [7, 11) is 1.54. The molecule has 1 aromatic carbocycles. The normalized spacial score (nSPS) is 11.2. The van der Waals surface area contributed by atoms with Gasteiger partial charge in [-0.15, -0.1) is 0 Å². The summed E-state index contributed by atoms with van der Waals surface area (Å²) in [5, 5.41) is 0. The lowest BCUT2D eigenvalue weighted by Gasteiger charge is -2.11. The molecule has 0 amide bonds. The summed E-state index contributed by atoms with van der Waals surface area (Å²) < 4.78 is 9.92. The molecule has 0 aliphatic rings. The van der Waals surface area contributed by atoms with Gasteiger partial charge in [0.1, 0.15) is 5.75 Å². The van der Waals surface area contributed by atoms with Crippen LogP contribution < -0.4 is 4.74 Å². The monoisotopic (exact) mass is 249 g/mol. The fourth-order valence-electron chi connectivity index (χ4n) is 1.53. The van der Waals surface area contributed by atoms with E-state index in [4.69, 9.17) is 9.47 Å². The first-order valence-corrected chi connectivity index (χ1v) is 5.57. The molecule has 1 atom stereocenters. The molecule has 0 bridgehead atoms. The second kappa shape index (κ2) is 7.25. The molecule has 5 heteroatoms. The summed E-state index contributed by atoms with van der Waals surface area (Å²) in [6.07, 6.45) is 1.49. The second-order valence-electron chi connectivity index (χ2n) is 3.52. The zero-order chi connectivity index (χ0) is 13.4. The first-order valence-electron chi connectivity index (χ1n) is 5.57. The Kier molecular flexibility index (Phi) is 5.61. The molecule has 0 aliphatic carbocycles. The minimum absolute atomic E-state index is 0.0102. The molecule has 0 saturated heterocycles. The SMILES string of the molecule is CCOC(=O)CC(N=C=O)c1cccc(OC)c1. The van der Waals surface area contributed by atoms with E-state index < -0.39 is 12.0 Å². The van der Waals surface area contributed by atoms with Crippen LogP contribution in [-0.4, -0.2) is 25.8 Å². The molecule has 0 heterocycles. The zero-order valence-electron chi connectivity index (χ0n) is 10.4. The number of isocyanates is 1. The van der Waals surface area contributed by atoms with Crippen LogP contribution in [0.3, 0.4) is 0 Å². The third-order valence-corrected chi connectivity index (χ3v) is 2.35. The van der Waals surface area contributed by atoms with Gasteiger partial charge < -0.3 is 9.47 Å². The van der Waals surface area contributed by atoms with E-state index in [1.165, 1.54) is 6.08 Å². The van der Waals surface area contributed by atoms with Gasteiger partial charge >= 0.3 is 5.97 Å². The van der Waals surface area contributed by atoms with Gasteiger partial charge in [-0.2, -0.15) is 4.99 Å². The molecule has 0 fully saturated rings. The average Bonchev–Trinajstić information content (AvgIpc) is 2.38. The van der Waals surface area contributed by atoms with E-state index in [2.05, 4.69) is 4.99 Å². The minimum atomic E-state index is -0.586. The Labute approximate surface area is 105 Å². The van der Waals surface area contributed by atoms with Crippen LogP contribution in [0.1, 0.15) is 24.9 Å². The number of carbonyl (C=O) groups excluding carboxylic acids is 2. The molecule has 1 rings (SSSR count). The average molecular weight is 249 g/mol. The number of rotatable bonds is 6. The fraction of sp³-hybridized carbons (Fsp3) is 0.385. The number of benzene rings is 1. The number of aliphatic imine (C=N–C) groups is 1. The van der Waals surface area contributed by atoms with Gasteiger partial charge in [-0.3, -0.25) is 4.79 Å². The van der Waals surface area contributed by atoms with E-state index in [9.17, 15) is 9.59 Å². The summed E-state index contributed by atoms with van der Waals surface area (Å²) in [5.41, 5.74) is 0.714. The molecule has 0 saturated carbocycles. The molecule has 96 valence electrons. The first-order chi connectivity index (χ1) is 8.71. The summed E-state index contributed by atoms with van der Waals surface area (Å²) in [5.74, 6) is 0.242. The molecule has 0 spiro atoms. The van der Waals surface area contributed by atoms with Crippen molar-refractivity contribution in [3.05, 3.63) is 29.8 Å². The standard InChI is InChI=1S/C13H15NO4/c1-3-18-13(16)8-12(14-9-15)10-5-4-6-11(7-10)17-2/h4-7,12H,3,8H2,1-2H3. The minimum Gasteiger partial charge on any atom is -0.497 e. The van der Waals surface area contributed by atoms with Gasteiger partial charge in [0.05, 0.1) is 26.2 Å². The maximum atomic E-state index is 11.4. The number of hydrogen-bond acceptors (Lipinski definition) is 5. The van der Waals surface area contributed by atoms with E-state index in [0.29, 0.717) is 17.9 Å². The van der Waals surface area contributed by atoms with Crippen LogP contribution >= 0.6 is 0 Å². The van der Waals surface area contributed by atoms with Gasteiger partial charge in [-0.25, -0.2) is 4.79 Å². The van der Waals surface area contributed by atoms with Crippen LogP contribution in [0, 0.1) is 0 Å². The number of carbonyl (C=O) groups is 1. The quantitative estimate of drug-likeness (QED) is 0.439. The van der Waals surface area contributed by atoms with Crippen molar-refractivity contribution in [1.29, 1.82) is 0 Å². The number of ether oxygens (including phenoxy) is 2. The van der Waals surface area contributed by atoms with Crippen molar-refractivity contribution in [2.45, 2.75) is 19.4 Å². The van der Waals surface area contributed by atoms with Gasteiger partial charge in [0, 0.05) is 0 Å². The van der Waals surface area contributed by atoms with Crippen molar-refractivity contribution in [1.82, 2.24) is 0 Å². The third-order valence-electron chi connectivity index (χ3n) is 2.35. The molecular formula is C13H15NO4. The summed E-state index contributed by atoms with van der Waals surface area (Å²) >= 11 is 0. The van der Waals surface area contributed by atoms with E-state index >= 15 is 0 Å². The molecule has 0 aliphatic heterocycles. The molecule has 1 aromatic rings. The molecule has 18 heavy (non-hydrogen) atoms. The summed E-state index contributed by atoms with van der Waals surface area (Å²) in [6, 6.07) is 6.46. The van der Waals surface area contributed by atoms with Crippen LogP contribution in [0.2, 0.25) is 0 Å². The lowest BCUT2D eigenvalue weighted by atomic mass is 10.0. The maximum Gasteiger partial charge on any atom is 0.308 e. The van der Waals surface area contributed by atoms with Crippen molar-refractivity contribution in [3.8, 4) is 5.75 Å². The van der Waals surface area contributed by atoms with Crippen molar-refractivity contribution in [3.63, 3.8) is 0 Å². The number of hydrogen-bond donors (Lipinski definition) is 0. The van der Waals surface area contributed by atoms with Crippen LogP contribution in [-0.2, 0) is 14.3 Å². The van der Waals surface area contributed by atoms with E-state index in [0.717, 1.165) is 0 Å². The summed E-state index contributed by atoms with van der Waals surface area (Å²) in [6.45, 7) is 2.02. The Balaban J connectivity index is 2.89. The molecule has 0 aromatic heterocycles. The molecule has 1 unspecified atom stereocenters. The topological polar surface area (TPSA) is 65.0 Å². The molecular weight excluding hydrogens is 234 g/mol. The van der Waals surface area contributed by atoms with E-state index in [-0.39, 0.29) is 6.42 Å². The van der Waals surface area contributed by atoms with Gasteiger partial charge in [-0.1, -0.05) is 12.1 Å².